The van der Waals surface area contributed by atoms with Crippen LogP contribution in [0.15, 0.2) is 30.5 Å². The number of carboxylic acids is 1. The molecule has 0 amide bonds. The lowest BCUT2D eigenvalue weighted by atomic mass is 9.90. The second kappa shape index (κ2) is 12.4. The second-order valence-electron chi connectivity index (χ2n) is 10.9. The van der Waals surface area contributed by atoms with Crippen LogP contribution >= 0.6 is 11.6 Å². The highest BCUT2D eigenvalue weighted by Gasteiger charge is 2.50. The monoisotopic (exact) mass is 648 g/mol. The Morgan fingerprint density at radius 2 is 1.89 bits per heavy atom. The van der Waals surface area contributed by atoms with E-state index in [4.69, 9.17) is 35.3 Å². The molecule has 3 aliphatic heterocycles. The zero-order valence-corrected chi connectivity index (χ0v) is 25.4. The predicted octanol–water partition coefficient (Wildman–Crippen LogP) is 3.65. The van der Waals surface area contributed by atoms with Crippen molar-refractivity contribution < 1.29 is 42.4 Å². The molecule has 3 aromatic heterocycles. The summed E-state index contributed by atoms with van der Waals surface area (Å²) in [7, 11) is 2.85. The first-order valence-electron chi connectivity index (χ1n) is 14.2. The Morgan fingerprint density at radius 1 is 1.11 bits per heavy atom. The third kappa shape index (κ3) is 5.99. The van der Waals surface area contributed by atoms with Gasteiger partial charge in [-0.25, -0.2) is 33.5 Å². The topological polar surface area (TPSA) is 141 Å². The van der Waals surface area contributed by atoms with Crippen LogP contribution in [-0.4, -0.2) is 102 Å². The Hall–Kier alpha value is -4.08. The van der Waals surface area contributed by atoms with Gasteiger partial charge in [0.25, 0.3) is 6.43 Å². The quantitative estimate of drug-likeness (QED) is 0.361. The van der Waals surface area contributed by atoms with E-state index in [2.05, 4.69) is 24.8 Å². The number of carboxylic acid groups (broad SMARTS) is 1. The molecule has 1 N–H and O–H groups in total. The number of rotatable bonds is 9. The van der Waals surface area contributed by atoms with Crippen LogP contribution in [0.2, 0.25) is 5.02 Å². The molecule has 0 aliphatic carbocycles. The van der Waals surface area contributed by atoms with E-state index in [1.807, 2.05) is 6.92 Å². The molecule has 1 spiro atoms. The number of carbonyl (C=O) groups is 1. The molecule has 3 fully saturated rings. The molecular weight excluding hydrogens is 618 g/mol. The number of morpholine rings is 1. The van der Waals surface area contributed by atoms with Crippen LogP contribution in [0.4, 0.5) is 20.3 Å². The number of ether oxygens (including phenoxy) is 5. The first-order valence-corrected chi connectivity index (χ1v) is 14.6. The van der Waals surface area contributed by atoms with Gasteiger partial charge in [0.15, 0.2) is 5.82 Å². The number of anilines is 2. The summed E-state index contributed by atoms with van der Waals surface area (Å²) < 4.78 is 56.4. The highest BCUT2D eigenvalue weighted by Crippen LogP contribution is 2.40. The molecule has 0 aromatic carbocycles. The van der Waals surface area contributed by atoms with Crippen LogP contribution in [0, 0.1) is 0 Å². The van der Waals surface area contributed by atoms with Gasteiger partial charge in [-0.3, -0.25) is 0 Å². The Labute approximate surface area is 262 Å². The molecule has 0 radical (unpaired) electrons. The molecule has 13 nitrogen and oxygen atoms in total. The average molecular weight is 649 g/mol. The van der Waals surface area contributed by atoms with Crippen LogP contribution in [0.25, 0.3) is 11.4 Å². The minimum Gasteiger partial charge on any atom is -0.496 e. The maximum absolute atomic E-state index is 14.0. The van der Waals surface area contributed by atoms with Crippen LogP contribution in [0.5, 0.6) is 17.5 Å². The Kier molecular flexibility index (Phi) is 8.50. The molecule has 6 rings (SSSR count). The molecule has 0 saturated carbocycles. The molecular formula is C29H31ClF2N6O7. The Balaban J connectivity index is 1.32. The summed E-state index contributed by atoms with van der Waals surface area (Å²) in [5, 5.41) is 10.6. The average Bonchev–Trinajstić information content (AvgIpc) is 3.45. The molecule has 0 unspecified atom stereocenters. The first kappa shape index (κ1) is 30.9. The van der Waals surface area contributed by atoms with Gasteiger partial charge in [0.2, 0.25) is 11.8 Å². The highest BCUT2D eigenvalue weighted by molar-refractivity contribution is 6.30. The number of nitrogens with zero attached hydrogens (tertiary/aromatic N) is 6. The van der Waals surface area contributed by atoms with Gasteiger partial charge < -0.3 is 38.6 Å². The van der Waals surface area contributed by atoms with Crippen molar-refractivity contribution >= 4 is 29.1 Å². The minimum atomic E-state index is -3.03. The van der Waals surface area contributed by atoms with Crippen molar-refractivity contribution in [2.75, 3.05) is 56.9 Å². The summed E-state index contributed by atoms with van der Waals surface area (Å²) in [5.74, 6) is -1.15. The van der Waals surface area contributed by atoms with Crippen molar-refractivity contribution in [3.8, 4) is 28.9 Å². The maximum Gasteiger partial charge on any atom is 0.326 e. The standard InChI is InChI=1S/C29H31ClF2N6O7/c1-15-29(13-43-14-29)44-5-4-37(15)21-6-16(30)11-33-27(21)45-18-8-22(28(39)40)38(12-18)23-10-20(35-26(36-23)25(31)32)19-7-17(41-2)9-24(34-19)42-3/h6-7,9-11,15,18,22,25H,4-5,8,12-14H2,1-3H3,(H,39,40)/t15-,18-,22-/m0/s1. The van der Waals surface area contributed by atoms with Crippen molar-refractivity contribution in [2.24, 2.45) is 0 Å². The lowest BCUT2D eigenvalue weighted by Gasteiger charge is -2.53. The third-order valence-corrected chi connectivity index (χ3v) is 8.49. The maximum atomic E-state index is 14.0. The normalized spacial score (nSPS) is 22.4. The van der Waals surface area contributed by atoms with Gasteiger partial charge in [0.05, 0.1) is 63.0 Å². The van der Waals surface area contributed by atoms with Crippen LogP contribution in [-0.2, 0) is 14.3 Å². The number of alkyl halides is 2. The zero-order chi connectivity index (χ0) is 31.9. The summed E-state index contributed by atoms with van der Waals surface area (Å²) in [5.41, 5.74) is 0.403. The van der Waals surface area contributed by atoms with E-state index in [9.17, 15) is 18.7 Å². The van der Waals surface area contributed by atoms with Gasteiger partial charge >= 0.3 is 5.97 Å². The van der Waals surface area contributed by atoms with Crippen molar-refractivity contribution in [3.63, 3.8) is 0 Å². The van der Waals surface area contributed by atoms with Crippen LogP contribution in [0.1, 0.15) is 25.6 Å². The highest BCUT2D eigenvalue weighted by atomic mass is 35.5. The fourth-order valence-electron chi connectivity index (χ4n) is 5.81. The summed E-state index contributed by atoms with van der Waals surface area (Å²) in [6, 6.07) is 4.98. The SMILES string of the molecule is COc1cc(OC)nc(-c2cc(N3C[C@@H](Oc4ncc(Cl)cc4N4CCOC5(COC5)[C@@H]4C)C[C@H]3C(=O)O)nc(C(F)F)n2)c1. The summed E-state index contributed by atoms with van der Waals surface area (Å²) in [6.45, 7) is 4.00. The Morgan fingerprint density at radius 3 is 2.56 bits per heavy atom. The van der Waals surface area contributed by atoms with Crippen molar-refractivity contribution in [2.45, 2.75) is 43.6 Å². The van der Waals surface area contributed by atoms with E-state index >= 15 is 0 Å². The Bertz CT molecular complexity index is 1560. The number of aliphatic carboxylic acids is 1. The molecule has 3 saturated heterocycles. The number of aromatic nitrogens is 4. The zero-order valence-electron chi connectivity index (χ0n) is 24.7. The minimum absolute atomic E-state index is 0.0181. The van der Waals surface area contributed by atoms with Gasteiger partial charge in [-0.05, 0) is 13.0 Å². The smallest absolute Gasteiger partial charge is 0.326 e. The van der Waals surface area contributed by atoms with Gasteiger partial charge in [-0.15, -0.1) is 0 Å². The first-order chi connectivity index (χ1) is 21.6. The lowest BCUT2D eigenvalue weighted by molar-refractivity contribution is -0.228. The van der Waals surface area contributed by atoms with E-state index in [0.717, 1.165) is 0 Å². The number of hydrogen-bond acceptors (Lipinski definition) is 12. The van der Waals surface area contributed by atoms with Crippen LogP contribution < -0.4 is 24.0 Å². The molecule has 240 valence electrons. The number of pyridine rings is 2. The second-order valence-corrected chi connectivity index (χ2v) is 11.4. The van der Waals surface area contributed by atoms with E-state index in [1.165, 1.54) is 43.5 Å². The number of halogens is 3. The molecule has 3 aliphatic rings. The van der Waals surface area contributed by atoms with Crippen molar-refractivity contribution in [3.05, 3.63) is 41.3 Å². The molecule has 45 heavy (non-hydrogen) atoms. The largest absolute Gasteiger partial charge is 0.496 e. The molecule has 3 aromatic rings. The summed E-state index contributed by atoms with van der Waals surface area (Å²) in [6.07, 6.45) is -2.23. The van der Waals surface area contributed by atoms with Gasteiger partial charge in [-0.2, -0.15) is 0 Å². The fraction of sp³-hybridized carbons (Fsp3) is 0.483. The van der Waals surface area contributed by atoms with Gasteiger partial charge in [-0.1, -0.05) is 11.6 Å². The van der Waals surface area contributed by atoms with E-state index in [0.29, 0.717) is 42.8 Å². The van der Waals surface area contributed by atoms with E-state index in [1.54, 1.807) is 6.07 Å². The molecule has 3 atom stereocenters. The molecule has 16 heteroatoms. The van der Waals surface area contributed by atoms with Gasteiger partial charge in [0, 0.05) is 37.4 Å². The molecule has 0 bridgehead atoms. The number of methoxy groups -OCH3 is 2. The number of hydrogen-bond donors (Lipinski definition) is 1. The van der Waals surface area contributed by atoms with E-state index < -0.39 is 36.0 Å². The van der Waals surface area contributed by atoms with Crippen molar-refractivity contribution in [1.82, 2.24) is 19.9 Å². The summed E-state index contributed by atoms with van der Waals surface area (Å²) >= 11 is 6.35. The van der Waals surface area contributed by atoms with Gasteiger partial charge in [0.1, 0.15) is 35.0 Å². The fourth-order valence-corrected chi connectivity index (χ4v) is 5.96. The third-order valence-electron chi connectivity index (χ3n) is 8.28. The van der Waals surface area contributed by atoms with E-state index in [-0.39, 0.29) is 48.0 Å². The molecule has 6 heterocycles. The van der Waals surface area contributed by atoms with Crippen LogP contribution in [0.3, 0.4) is 0 Å². The summed E-state index contributed by atoms with van der Waals surface area (Å²) in [4.78, 5) is 32.7. The lowest BCUT2D eigenvalue weighted by Crippen LogP contribution is -2.68. The van der Waals surface area contributed by atoms with Crippen molar-refractivity contribution in [1.29, 1.82) is 0 Å². The predicted molar refractivity (Wildman–Crippen MR) is 157 cm³/mol.